The lowest BCUT2D eigenvalue weighted by Crippen LogP contribution is -2.54. The molecule has 9 heteroatoms. The van der Waals surface area contributed by atoms with Gasteiger partial charge in [0.25, 0.3) is 11.9 Å². The first-order valence-electron chi connectivity index (χ1n) is 10.3. The lowest BCUT2D eigenvalue weighted by Gasteiger charge is -2.30. The zero-order valence-electron chi connectivity index (χ0n) is 17.8. The molecule has 0 aromatic heterocycles. The van der Waals surface area contributed by atoms with Crippen molar-refractivity contribution < 1.29 is 19.2 Å². The molecule has 2 aliphatic heterocycles. The Labute approximate surface area is 190 Å². The van der Waals surface area contributed by atoms with E-state index in [1.165, 1.54) is 0 Å². The fourth-order valence-electron chi connectivity index (χ4n) is 4.93. The minimum atomic E-state index is -1.42. The molecule has 0 bridgehead atoms. The first-order valence-corrected chi connectivity index (χ1v) is 10.7. The van der Waals surface area contributed by atoms with E-state index in [-0.39, 0.29) is 16.6 Å². The molecule has 2 heterocycles. The summed E-state index contributed by atoms with van der Waals surface area (Å²) in [7, 11) is 1.74. The first-order chi connectivity index (χ1) is 15.4. The second-order valence-corrected chi connectivity index (χ2v) is 8.25. The minimum absolute atomic E-state index is 0.239. The highest BCUT2D eigenvalue weighted by Crippen LogP contribution is 2.53. The maximum Gasteiger partial charge on any atom is 0.256 e. The molecular formula is C23H24ClN3O5. The largest absolute Gasteiger partial charge is 0.490 e. The van der Waals surface area contributed by atoms with Gasteiger partial charge in [0.2, 0.25) is 0 Å². The van der Waals surface area contributed by atoms with Gasteiger partial charge in [-0.3, -0.25) is 19.8 Å². The predicted octanol–water partition coefficient (Wildman–Crippen LogP) is 3.83. The number of carbonyl (C=O) groups excluding carboxylic acids is 1. The third-order valence-electron chi connectivity index (χ3n) is 6.15. The molecule has 1 fully saturated rings. The Bertz CT molecular complexity index is 1090. The molecule has 2 aliphatic rings. The zero-order valence-corrected chi connectivity index (χ0v) is 18.6. The lowest BCUT2D eigenvalue weighted by atomic mass is 9.79. The summed E-state index contributed by atoms with van der Waals surface area (Å²) in [5, 5.41) is 15.6. The van der Waals surface area contributed by atoms with E-state index in [1.54, 1.807) is 54.4 Å². The van der Waals surface area contributed by atoms with E-state index in [2.05, 4.69) is 11.9 Å². The van der Waals surface area contributed by atoms with Crippen molar-refractivity contribution in [2.24, 2.45) is 0 Å². The van der Waals surface area contributed by atoms with Crippen LogP contribution in [0.1, 0.15) is 24.0 Å². The molecule has 1 spiro atoms. The van der Waals surface area contributed by atoms with Gasteiger partial charge in [0.05, 0.1) is 17.5 Å². The van der Waals surface area contributed by atoms with Crippen LogP contribution in [0.25, 0.3) is 0 Å². The van der Waals surface area contributed by atoms with Gasteiger partial charge >= 0.3 is 0 Å². The summed E-state index contributed by atoms with van der Waals surface area (Å²) in [6.07, 6.45) is 1.59. The summed E-state index contributed by atoms with van der Waals surface area (Å²) in [6.45, 7) is 6.37. The number of likely N-dealkylation sites (tertiary alicyclic amines) is 1. The summed E-state index contributed by atoms with van der Waals surface area (Å²) in [5.74, 6) is -0.233. The van der Waals surface area contributed by atoms with Gasteiger partial charge in [0.15, 0.2) is 17.0 Å². The number of para-hydroxylation sites is 1. The van der Waals surface area contributed by atoms with Gasteiger partial charge in [0, 0.05) is 22.7 Å². The molecule has 0 saturated carbocycles. The van der Waals surface area contributed by atoms with Crippen LogP contribution >= 0.6 is 11.6 Å². The topological polar surface area (TPSA) is 93.9 Å². The van der Waals surface area contributed by atoms with Crippen LogP contribution in [-0.2, 0) is 10.3 Å². The average Bonchev–Trinajstić information content (AvgIpc) is 3.23. The van der Waals surface area contributed by atoms with Crippen LogP contribution in [0.4, 0.5) is 5.69 Å². The Balaban J connectivity index is 1.84. The van der Waals surface area contributed by atoms with Gasteiger partial charge in [0.1, 0.15) is 6.61 Å². The van der Waals surface area contributed by atoms with Crippen molar-refractivity contribution >= 4 is 23.2 Å². The van der Waals surface area contributed by atoms with Crippen LogP contribution in [0.5, 0.6) is 11.5 Å². The number of ether oxygens (including phenoxy) is 2. The van der Waals surface area contributed by atoms with Crippen LogP contribution in [0.15, 0.2) is 49.1 Å². The van der Waals surface area contributed by atoms with Crippen molar-refractivity contribution in [1.29, 1.82) is 0 Å². The van der Waals surface area contributed by atoms with E-state index in [0.29, 0.717) is 41.5 Å². The third kappa shape index (κ3) is 3.22. The standard InChI is InChI=1S/C23H24ClN3O5/c1-4-10-32-20-17(24)11-14(12-19(20)31-5-2)15-13-26(3)23(21(15)27(29)30)16-8-6-7-9-18(16)25-22(23)28/h4,6-9,11-12,15,21H,1,5,10,13H2,2-3H3,(H,25,28)/t15-,21+,23-/m0/s1. The number of fused-ring (bicyclic) bond motifs is 2. The Kier molecular flexibility index (Phi) is 5.83. The second kappa shape index (κ2) is 8.44. The predicted molar refractivity (Wildman–Crippen MR) is 121 cm³/mol. The van der Waals surface area contributed by atoms with Crippen molar-refractivity contribution in [3.63, 3.8) is 0 Å². The van der Waals surface area contributed by atoms with Crippen LogP contribution in [0.2, 0.25) is 5.02 Å². The average molecular weight is 458 g/mol. The summed E-state index contributed by atoms with van der Waals surface area (Å²) in [6, 6.07) is 9.28. The normalized spacial score (nSPS) is 24.3. The number of halogens is 1. The fourth-order valence-corrected chi connectivity index (χ4v) is 5.20. The van der Waals surface area contributed by atoms with Crippen LogP contribution in [-0.4, -0.2) is 48.6 Å². The highest BCUT2D eigenvalue weighted by atomic mass is 35.5. The quantitative estimate of drug-likeness (QED) is 0.386. The Morgan fingerprint density at radius 3 is 2.81 bits per heavy atom. The second-order valence-electron chi connectivity index (χ2n) is 7.85. The van der Waals surface area contributed by atoms with E-state index < -0.39 is 23.4 Å². The van der Waals surface area contributed by atoms with E-state index in [1.807, 2.05) is 6.92 Å². The number of anilines is 1. The Morgan fingerprint density at radius 1 is 1.38 bits per heavy atom. The van der Waals surface area contributed by atoms with Crippen molar-refractivity contribution in [3.05, 3.63) is 75.3 Å². The number of amides is 1. The third-order valence-corrected chi connectivity index (χ3v) is 6.43. The number of hydrogen-bond acceptors (Lipinski definition) is 6. The number of likely N-dealkylation sites (N-methyl/N-ethyl adjacent to an activating group) is 1. The molecule has 0 unspecified atom stereocenters. The smallest absolute Gasteiger partial charge is 0.256 e. The van der Waals surface area contributed by atoms with Gasteiger partial charge in [-0.2, -0.15) is 0 Å². The molecule has 8 nitrogen and oxygen atoms in total. The highest BCUT2D eigenvalue weighted by molar-refractivity contribution is 6.32. The Hall–Kier alpha value is -3.10. The number of nitro groups is 1. The molecular weight excluding hydrogens is 434 g/mol. The van der Waals surface area contributed by atoms with Crippen LogP contribution in [0, 0.1) is 10.1 Å². The SMILES string of the molecule is C=CCOc1c(Cl)cc([C@@H]2CN(C)[C@]3(C(=O)Nc4ccccc43)[C@@H]2[N+](=O)[O-])cc1OCC. The molecule has 2 aromatic carbocycles. The van der Waals surface area contributed by atoms with Crippen LogP contribution in [0.3, 0.4) is 0 Å². The van der Waals surface area contributed by atoms with E-state index in [9.17, 15) is 14.9 Å². The van der Waals surface area contributed by atoms with Crippen molar-refractivity contribution in [3.8, 4) is 11.5 Å². The first kappa shape index (κ1) is 22.1. The summed E-state index contributed by atoms with van der Waals surface area (Å²) in [5.41, 5.74) is 0.407. The molecule has 4 rings (SSSR count). The molecule has 168 valence electrons. The number of benzene rings is 2. The maximum atomic E-state index is 13.2. The molecule has 1 N–H and O–H groups in total. The monoisotopic (exact) mass is 457 g/mol. The molecule has 0 radical (unpaired) electrons. The molecule has 1 saturated heterocycles. The lowest BCUT2D eigenvalue weighted by molar-refractivity contribution is -0.534. The number of carbonyl (C=O) groups is 1. The van der Waals surface area contributed by atoms with E-state index in [0.717, 1.165) is 0 Å². The molecule has 1 amide bonds. The zero-order chi connectivity index (χ0) is 23.0. The summed E-state index contributed by atoms with van der Waals surface area (Å²) in [4.78, 5) is 27.1. The minimum Gasteiger partial charge on any atom is -0.490 e. The van der Waals surface area contributed by atoms with Gasteiger partial charge in [-0.15, -0.1) is 0 Å². The van der Waals surface area contributed by atoms with E-state index >= 15 is 0 Å². The van der Waals surface area contributed by atoms with Gasteiger partial charge in [-0.05, 0) is 37.7 Å². The van der Waals surface area contributed by atoms with Gasteiger partial charge < -0.3 is 14.8 Å². The number of nitrogens with zero attached hydrogens (tertiary/aromatic N) is 2. The fraction of sp³-hybridized carbons (Fsp3) is 0.348. The molecule has 0 aliphatic carbocycles. The number of nitrogens with one attached hydrogen (secondary N) is 1. The molecule has 32 heavy (non-hydrogen) atoms. The number of rotatable bonds is 7. The Morgan fingerprint density at radius 2 is 2.12 bits per heavy atom. The van der Waals surface area contributed by atoms with Crippen molar-refractivity contribution in [2.75, 3.05) is 32.1 Å². The summed E-state index contributed by atoms with van der Waals surface area (Å²) >= 11 is 6.51. The van der Waals surface area contributed by atoms with E-state index in [4.69, 9.17) is 21.1 Å². The van der Waals surface area contributed by atoms with Crippen molar-refractivity contribution in [2.45, 2.75) is 24.4 Å². The summed E-state index contributed by atoms with van der Waals surface area (Å²) < 4.78 is 11.4. The van der Waals surface area contributed by atoms with Gasteiger partial charge in [-0.25, -0.2) is 0 Å². The van der Waals surface area contributed by atoms with Gasteiger partial charge in [-0.1, -0.05) is 42.5 Å². The van der Waals surface area contributed by atoms with Crippen LogP contribution < -0.4 is 14.8 Å². The van der Waals surface area contributed by atoms with Crippen molar-refractivity contribution in [1.82, 2.24) is 4.90 Å². The molecule has 2 aromatic rings. The highest BCUT2D eigenvalue weighted by Gasteiger charge is 2.68. The molecule has 3 atom stereocenters. The number of hydrogen-bond donors (Lipinski definition) is 1. The maximum absolute atomic E-state index is 13.2.